The fourth-order valence-corrected chi connectivity index (χ4v) is 0.989. The minimum Gasteiger partial charge on any atom is -0.395 e. The van der Waals surface area contributed by atoms with E-state index < -0.39 is 0 Å². The molecule has 0 radical (unpaired) electrons. The Labute approximate surface area is 75.1 Å². The van der Waals surface area contributed by atoms with Gasteiger partial charge in [0.2, 0.25) is 0 Å². The second kappa shape index (κ2) is 7.28. The normalized spacial score (nSPS) is 10.7. The van der Waals surface area contributed by atoms with Gasteiger partial charge in [0.25, 0.3) is 0 Å². The van der Waals surface area contributed by atoms with E-state index in [2.05, 4.69) is 23.7 Å². The Balaban J connectivity index is 3.40. The van der Waals surface area contributed by atoms with E-state index in [0.29, 0.717) is 6.54 Å². The molecule has 0 fully saturated rings. The van der Waals surface area contributed by atoms with Crippen LogP contribution in [0.4, 0.5) is 0 Å². The van der Waals surface area contributed by atoms with Crippen LogP contribution in [0, 0.1) is 0 Å². The first-order chi connectivity index (χ1) is 5.70. The SMILES string of the molecule is C=C(CNCC)CN(C)CCO. The summed E-state index contributed by atoms with van der Waals surface area (Å²) in [5.74, 6) is 0. The van der Waals surface area contributed by atoms with Gasteiger partial charge < -0.3 is 15.3 Å². The third kappa shape index (κ3) is 6.34. The second-order valence-electron chi connectivity index (χ2n) is 2.99. The van der Waals surface area contributed by atoms with Crippen molar-refractivity contribution >= 4 is 0 Å². The summed E-state index contributed by atoms with van der Waals surface area (Å²) in [6.45, 7) is 9.63. The molecule has 3 nitrogen and oxygen atoms in total. The summed E-state index contributed by atoms with van der Waals surface area (Å²) in [7, 11) is 1.98. The van der Waals surface area contributed by atoms with Gasteiger partial charge in [-0.1, -0.05) is 13.5 Å². The van der Waals surface area contributed by atoms with Crippen molar-refractivity contribution < 1.29 is 5.11 Å². The molecule has 0 aliphatic rings. The molecule has 0 aromatic carbocycles. The van der Waals surface area contributed by atoms with Gasteiger partial charge in [-0.2, -0.15) is 0 Å². The van der Waals surface area contributed by atoms with Gasteiger partial charge in [0.05, 0.1) is 6.61 Å². The minimum absolute atomic E-state index is 0.213. The molecule has 0 aromatic rings. The lowest BCUT2D eigenvalue weighted by Gasteiger charge is -2.16. The summed E-state index contributed by atoms with van der Waals surface area (Å²) in [5.41, 5.74) is 1.16. The summed E-state index contributed by atoms with van der Waals surface area (Å²) >= 11 is 0. The van der Waals surface area contributed by atoms with Crippen LogP contribution in [0.2, 0.25) is 0 Å². The fraction of sp³-hybridized carbons (Fsp3) is 0.778. The Morgan fingerprint density at radius 2 is 2.25 bits per heavy atom. The van der Waals surface area contributed by atoms with Gasteiger partial charge in [0.1, 0.15) is 0 Å². The molecule has 2 N–H and O–H groups in total. The first-order valence-electron chi connectivity index (χ1n) is 4.37. The van der Waals surface area contributed by atoms with E-state index in [-0.39, 0.29) is 6.61 Å². The molecule has 0 bridgehead atoms. The molecular formula is C9H20N2O. The highest BCUT2D eigenvalue weighted by molar-refractivity contribution is 4.99. The fourth-order valence-electron chi connectivity index (χ4n) is 0.989. The molecule has 0 heterocycles. The Hall–Kier alpha value is -0.380. The van der Waals surface area contributed by atoms with Gasteiger partial charge in [-0.25, -0.2) is 0 Å². The Morgan fingerprint density at radius 1 is 1.58 bits per heavy atom. The van der Waals surface area contributed by atoms with Gasteiger partial charge in [-0.15, -0.1) is 0 Å². The van der Waals surface area contributed by atoms with E-state index in [1.807, 2.05) is 7.05 Å². The first kappa shape index (κ1) is 11.6. The largest absolute Gasteiger partial charge is 0.395 e. The summed E-state index contributed by atoms with van der Waals surface area (Å²) in [6, 6.07) is 0. The third-order valence-corrected chi connectivity index (χ3v) is 1.60. The van der Waals surface area contributed by atoms with Crippen molar-refractivity contribution in [3.63, 3.8) is 0 Å². The molecule has 0 saturated heterocycles. The number of hydrogen-bond acceptors (Lipinski definition) is 3. The molecule has 3 heteroatoms. The molecule has 0 saturated carbocycles. The molecule has 0 atom stereocenters. The maximum Gasteiger partial charge on any atom is 0.0558 e. The quantitative estimate of drug-likeness (QED) is 0.534. The monoisotopic (exact) mass is 172 g/mol. The predicted octanol–water partition coefficient (Wildman–Crippen LogP) is 0.0762. The average Bonchev–Trinajstić information content (AvgIpc) is 2.01. The Kier molecular flexibility index (Phi) is 7.05. The van der Waals surface area contributed by atoms with Crippen LogP contribution in [0.25, 0.3) is 0 Å². The second-order valence-corrected chi connectivity index (χ2v) is 2.99. The van der Waals surface area contributed by atoms with Crippen LogP contribution in [0.1, 0.15) is 6.92 Å². The minimum atomic E-state index is 0.213. The topological polar surface area (TPSA) is 35.5 Å². The maximum atomic E-state index is 8.64. The van der Waals surface area contributed by atoms with Crippen molar-refractivity contribution in [3.05, 3.63) is 12.2 Å². The van der Waals surface area contributed by atoms with Gasteiger partial charge in [0, 0.05) is 19.6 Å². The van der Waals surface area contributed by atoms with Gasteiger partial charge in [-0.05, 0) is 19.2 Å². The van der Waals surface area contributed by atoms with Crippen LogP contribution in [0.15, 0.2) is 12.2 Å². The van der Waals surface area contributed by atoms with Crippen LogP contribution in [-0.4, -0.2) is 49.8 Å². The number of aliphatic hydroxyl groups excluding tert-OH is 1. The first-order valence-corrected chi connectivity index (χ1v) is 4.37. The highest BCUT2D eigenvalue weighted by Gasteiger charge is 1.98. The highest BCUT2D eigenvalue weighted by atomic mass is 16.3. The van der Waals surface area contributed by atoms with E-state index >= 15 is 0 Å². The molecule has 72 valence electrons. The number of aliphatic hydroxyl groups is 1. The van der Waals surface area contributed by atoms with Gasteiger partial charge in [-0.3, -0.25) is 0 Å². The van der Waals surface area contributed by atoms with E-state index in [1.54, 1.807) is 0 Å². The van der Waals surface area contributed by atoms with E-state index in [4.69, 9.17) is 5.11 Å². The van der Waals surface area contributed by atoms with Crippen LogP contribution in [0.3, 0.4) is 0 Å². The van der Waals surface area contributed by atoms with Crippen molar-refractivity contribution in [1.29, 1.82) is 0 Å². The number of rotatable bonds is 7. The number of nitrogens with zero attached hydrogens (tertiary/aromatic N) is 1. The summed E-state index contributed by atoms with van der Waals surface area (Å²) < 4.78 is 0. The van der Waals surface area contributed by atoms with Gasteiger partial charge in [0.15, 0.2) is 0 Å². The summed E-state index contributed by atoms with van der Waals surface area (Å²) in [5, 5.41) is 11.8. The Morgan fingerprint density at radius 3 is 2.75 bits per heavy atom. The van der Waals surface area contributed by atoms with E-state index in [9.17, 15) is 0 Å². The van der Waals surface area contributed by atoms with Crippen molar-refractivity contribution in [2.75, 3.05) is 39.8 Å². The number of likely N-dealkylation sites (N-methyl/N-ethyl adjacent to an activating group) is 2. The molecule has 0 spiro atoms. The van der Waals surface area contributed by atoms with Crippen molar-refractivity contribution in [2.45, 2.75) is 6.92 Å². The number of nitrogens with one attached hydrogen (secondary N) is 1. The van der Waals surface area contributed by atoms with E-state index in [1.165, 1.54) is 0 Å². The zero-order valence-corrected chi connectivity index (χ0v) is 8.14. The van der Waals surface area contributed by atoms with E-state index in [0.717, 1.165) is 25.2 Å². The molecule has 0 aliphatic carbocycles. The number of hydrogen-bond donors (Lipinski definition) is 2. The summed E-state index contributed by atoms with van der Waals surface area (Å²) in [4.78, 5) is 2.06. The lowest BCUT2D eigenvalue weighted by Crippen LogP contribution is -2.28. The zero-order chi connectivity index (χ0) is 9.40. The molecule has 0 aromatic heterocycles. The van der Waals surface area contributed by atoms with Crippen molar-refractivity contribution in [3.8, 4) is 0 Å². The predicted molar refractivity (Wildman–Crippen MR) is 52.3 cm³/mol. The maximum absolute atomic E-state index is 8.64. The highest BCUT2D eigenvalue weighted by Crippen LogP contribution is 1.91. The summed E-state index contributed by atoms with van der Waals surface area (Å²) in [6.07, 6.45) is 0. The molecule has 0 amide bonds. The molecule has 0 rings (SSSR count). The molecule has 12 heavy (non-hydrogen) atoms. The molecule has 0 unspecified atom stereocenters. The van der Waals surface area contributed by atoms with Gasteiger partial charge >= 0.3 is 0 Å². The standard InChI is InChI=1S/C9H20N2O/c1-4-10-7-9(2)8-11(3)5-6-12/h10,12H,2,4-8H2,1,3H3. The van der Waals surface area contributed by atoms with Crippen molar-refractivity contribution in [2.24, 2.45) is 0 Å². The van der Waals surface area contributed by atoms with Crippen LogP contribution >= 0.6 is 0 Å². The lowest BCUT2D eigenvalue weighted by molar-refractivity contribution is 0.229. The van der Waals surface area contributed by atoms with Crippen LogP contribution in [-0.2, 0) is 0 Å². The lowest BCUT2D eigenvalue weighted by atomic mass is 10.3. The Bertz CT molecular complexity index is 126. The van der Waals surface area contributed by atoms with Crippen LogP contribution < -0.4 is 5.32 Å². The average molecular weight is 172 g/mol. The zero-order valence-electron chi connectivity index (χ0n) is 8.14. The molecular weight excluding hydrogens is 152 g/mol. The van der Waals surface area contributed by atoms with Crippen LogP contribution in [0.5, 0.6) is 0 Å². The third-order valence-electron chi connectivity index (χ3n) is 1.60. The molecule has 0 aliphatic heterocycles. The van der Waals surface area contributed by atoms with Crippen molar-refractivity contribution in [1.82, 2.24) is 10.2 Å². The smallest absolute Gasteiger partial charge is 0.0558 e.